The molecule has 0 aliphatic rings. The van der Waals surface area contributed by atoms with Crippen molar-refractivity contribution < 1.29 is 27.1 Å². The molecule has 5 aromatic carbocycles. The fraction of sp³-hybridized carbons (Fsp3) is 0.135. The number of sulfonamides is 1. The molecular weight excluding hydrogens is 653 g/mol. The van der Waals surface area contributed by atoms with Crippen LogP contribution in [0.3, 0.4) is 0 Å². The lowest BCUT2D eigenvalue weighted by atomic mass is 10.0. The summed E-state index contributed by atoms with van der Waals surface area (Å²) in [6.45, 7) is -0.0823. The number of hydrogen-bond acceptors (Lipinski definition) is 5. The molecule has 5 rings (SSSR count). The standard InChI is InChI=1S/C37H33ClFN3O5S/c38-34-14-8-7-13-29(34)24-40-37(44)35(23-27-9-3-1-4-10-27)42(25-28-11-5-2-6-12-28)36(43)26-47-32-19-21-33(22-20-32)48(45,46)41-31-17-15-30(39)16-18-31/h1-22,35,41H,23-26H2,(H,40,44)/t35-/m1/s1. The number of carbonyl (C=O) groups excluding carboxylic acids is 2. The maximum absolute atomic E-state index is 13.9. The first-order chi connectivity index (χ1) is 23.2. The molecule has 8 nitrogen and oxygen atoms in total. The average molecular weight is 686 g/mol. The van der Waals surface area contributed by atoms with E-state index >= 15 is 0 Å². The van der Waals surface area contributed by atoms with E-state index in [4.69, 9.17) is 16.3 Å². The van der Waals surface area contributed by atoms with E-state index in [1.54, 1.807) is 6.07 Å². The highest BCUT2D eigenvalue weighted by Gasteiger charge is 2.31. The van der Waals surface area contributed by atoms with Crippen LogP contribution in [0.15, 0.2) is 138 Å². The van der Waals surface area contributed by atoms with E-state index in [0.717, 1.165) is 28.8 Å². The molecule has 0 aromatic heterocycles. The van der Waals surface area contributed by atoms with Crippen molar-refractivity contribution in [3.8, 4) is 5.75 Å². The van der Waals surface area contributed by atoms with Gasteiger partial charge in [-0.2, -0.15) is 0 Å². The summed E-state index contributed by atoms with van der Waals surface area (Å²) in [5.74, 6) is -1.03. The molecule has 0 saturated heterocycles. The zero-order chi connectivity index (χ0) is 33.9. The van der Waals surface area contributed by atoms with Crippen LogP contribution < -0.4 is 14.8 Å². The summed E-state index contributed by atoms with van der Waals surface area (Å²) in [7, 11) is -3.96. The summed E-state index contributed by atoms with van der Waals surface area (Å²) in [6, 6.07) is 35.6. The molecule has 11 heteroatoms. The molecule has 1 atom stereocenters. The summed E-state index contributed by atoms with van der Waals surface area (Å²) < 4.78 is 47.1. The molecule has 0 radical (unpaired) electrons. The van der Waals surface area contributed by atoms with Gasteiger partial charge in [-0.1, -0.05) is 90.5 Å². The van der Waals surface area contributed by atoms with Crippen LogP contribution in [0.2, 0.25) is 5.02 Å². The van der Waals surface area contributed by atoms with Crippen molar-refractivity contribution in [2.24, 2.45) is 0 Å². The number of halogens is 2. The van der Waals surface area contributed by atoms with E-state index in [-0.39, 0.29) is 41.7 Å². The SMILES string of the molecule is O=C(NCc1ccccc1Cl)[C@@H](Cc1ccccc1)N(Cc1ccccc1)C(=O)COc1ccc(S(=O)(=O)Nc2ccc(F)cc2)cc1. The van der Waals surface area contributed by atoms with Crippen molar-refractivity contribution in [3.05, 3.63) is 161 Å². The number of rotatable bonds is 14. The Morgan fingerprint density at radius 2 is 1.38 bits per heavy atom. The normalized spacial score (nSPS) is 11.7. The van der Waals surface area contributed by atoms with E-state index in [0.29, 0.717) is 5.02 Å². The summed E-state index contributed by atoms with van der Waals surface area (Å²) >= 11 is 6.33. The van der Waals surface area contributed by atoms with Crippen molar-refractivity contribution in [1.29, 1.82) is 0 Å². The third-order valence-corrected chi connectivity index (χ3v) is 9.24. The van der Waals surface area contributed by atoms with Crippen LogP contribution >= 0.6 is 11.6 Å². The van der Waals surface area contributed by atoms with E-state index < -0.39 is 34.4 Å². The summed E-state index contributed by atoms with van der Waals surface area (Å²) in [5.41, 5.74) is 2.65. The highest BCUT2D eigenvalue weighted by atomic mass is 35.5. The molecular formula is C37H33ClFN3O5S. The molecule has 0 aliphatic carbocycles. The quantitative estimate of drug-likeness (QED) is 0.137. The van der Waals surface area contributed by atoms with E-state index in [2.05, 4.69) is 10.0 Å². The molecule has 0 spiro atoms. The number of hydrogen-bond donors (Lipinski definition) is 2. The molecule has 0 saturated carbocycles. The second kappa shape index (κ2) is 16.1. The maximum Gasteiger partial charge on any atom is 0.261 e. The lowest BCUT2D eigenvalue weighted by Crippen LogP contribution is -2.51. The van der Waals surface area contributed by atoms with Gasteiger partial charge < -0.3 is 15.0 Å². The number of carbonyl (C=O) groups is 2. The van der Waals surface area contributed by atoms with Gasteiger partial charge in [0.25, 0.3) is 15.9 Å². The Bertz CT molecular complexity index is 1930. The van der Waals surface area contributed by atoms with E-state index in [9.17, 15) is 22.4 Å². The summed E-state index contributed by atoms with van der Waals surface area (Å²) in [6.07, 6.45) is 0.251. The molecule has 0 aliphatic heterocycles. The van der Waals surface area contributed by atoms with Crippen LogP contribution in [0.4, 0.5) is 10.1 Å². The Labute approximate surface area is 284 Å². The molecule has 0 fully saturated rings. The number of nitrogens with zero attached hydrogens (tertiary/aromatic N) is 1. The second-order valence-corrected chi connectivity index (χ2v) is 13.0. The van der Waals surface area contributed by atoms with Gasteiger partial charge in [0.1, 0.15) is 17.6 Å². The largest absolute Gasteiger partial charge is 0.484 e. The van der Waals surface area contributed by atoms with Gasteiger partial charge in [0.15, 0.2) is 6.61 Å². The van der Waals surface area contributed by atoms with Crippen LogP contribution in [0, 0.1) is 5.82 Å². The molecule has 0 unspecified atom stereocenters. The first-order valence-corrected chi connectivity index (χ1v) is 16.9. The van der Waals surface area contributed by atoms with Crippen molar-refractivity contribution in [2.75, 3.05) is 11.3 Å². The summed E-state index contributed by atoms with van der Waals surface area (Å²) in [5, 5.41) is 3.48. The van der Waals surface area contributed by atoms with E-state index in [1.807, 2.05) is 78.9 Å². The van der Waals surface area contributed by atoms with Gasteiger partial charge in [0.2, 0.25) is 5.91 Å². The Balaban J connectivity index is 1.34. The number of nitrogens with one attached hydrogen (secondary N) is 2. The minimum absolute atomic E-state index is 0.0469. The van der Waals surface area contributed by atoms with Crippen LogP contribution in [0.25, 0.3) is 0 Å². The first kappa shape index (κ1) is 34.2. The van der Waals surface area contributed by atoms with Gasteiger partial charge in [0, 0.05) is 30.2 Å². The summed E-state index contributed by atoms with van der Waals surface area (Å²) in [4.78, 5) is 29.2. The zero-order valence-electron chi connectivity index (χ0n) is 25.8. The first-order valence-electron chi connectivity index (χ1n) is 15.1. The van der Waals surface area contributed by atoms with Crippen molar-refractivity contribution in [2.45, 2.75) is 30.4 Å². The van der Waals surface area contributed by atoms with E-state index in [1.165, 1.54) is 41.3 Å². The zero-order valence-corrected chi connectivity index (χ0v) is 27.3. The Morgan fingerprint density at radius 1 is 0.771 bits per heavy atom. The third-order valence-electron chi connectivity index (χ3n) is 7.47. The van der Waals surface area contributed by atoms with Crippen molar-refractivity contribution >= 4 is 39.1 Å². The van der Waals surface area contributed by atoms with Crippen molar-refractivity contribution in [1.82, 2.24) is 10.2 Å². The van der Waals surface area contributed by atoms with Gasteiger partial charge >= 0.3 is 0 Å². The smallest absolute Gasteiger partial charge is 0.261 e. The number of benzene rings is 5. The van der Waals surface area contributed by atoms with Gasteiger partial charge in [-0.25, -0.2) is 12.8 Å². The number of ether oxygens (including phenoxy) is 1. The minimum Gasteiger partial charge on any atom is -0.484 e. The maximum atomic E-state index is 13.9. The number of amides is 2. The highest BCUT2D eigenvalue weighted by Crippen LogP contribution is 2.21. The molecule has 5 aromatic rings. The van der Waals surface area contributed by atoms with Gasteiger partial charge in [-0.05, 0) is 71.3 Å². The van der Waals surface area contributed by atoms with Crippen LogP contribution in [-0.4, -0.2) is 37.8 Å². The Morgan fingerprint density at radius 3 is 2.02 bits per heavy atom. The topological polar surface area (TPSA) is 105 Å². The molecule has 48 heavy (non-hydrogen) atoms. The van der Waals surface area contributed by atoms with Crippen LogP contribution in [-0.2, 0) is 39.1 Å². The second-order valence-electron chi connectivity index (χ2n) is 10.9. The highest BCUT2D eigenvalue weighted by molar-refractivity contribution is 7.92. The van der Waals surface area contributed by atoms with Crippen LogP contribution in [0.5, 0.6) is 5.75 Å². The average Bonchev–Trinajstić information content (AvgIpc) is 3.10. The lowest BCUT2D eigenvalue weighted by molar-refractivity contribution is -0.142. The molecule has 0 bridgehead atoms. The Hall–Kier alpha value is -5.19. The minimum atomic E-state index is -3.96. The van der Waals surface area contributed by atoms with Crippen molar-refractivity contribution in [3.63, 3.8) is 0 Å². The Kier molecular flexibility index (Phi) is 11.4. The third kappa shape index (κ3) is 9.43. The van der Waals surface area contributed by atoms with Crippen LogP contribution in [0.1, 0.15) is 16.7 Å². The molecule has 246 valence electrons. The fourth-order valence-corrected chi connectivity index (χ4v) is 6.21. The lowest BCUT2D eigenvalue weighted by Gasteiger charge is -2.31. The van der Waals surface area contributed by atoms with Gasteiger partial charge in [-0.15, -0.1) is 0 Å². The predicted octanol–water partition coefficient (Wildman–Crippen LogP) is 6.62. The fourth-order valence-electron chi connectivity index (χ4n) is 4.95. The molecule has 2 N–H and O–H groups in total. The molecule has 2 amide bonds. The monoisotopic (exact) mass is 685 g/mol. The van der Waals surface area contributed by atoms with Gasteiger partial charge in [-0.3, -0.25) is 14.3 Å². The molecule has 0 heterocycles. The van der Waals surface area contributed by atoms with Gasteiger partial charge in [0.05, 0.1) is 4.90 Å². The predicted molar refractivity (Wildman–Crippen MR) is 183 cm³/mol. The number of anilines is 1.